The molecule has 0 radical (unpaired) electrons. The van der Waals surface area contributed by atoms with Gasteiger partial charge in [-0.05, 0) is 24.1 Å². The molecule has 1 aromatic rings. The topological polar surface area (TPSA) is 65.0 Å². The molecule has 22 heavy (non-hydrogen) atoms. The number of carbonyl (C=O) groups is 1. The predicted octanol–water partition coefficient (Wildman–Crippen LogP) is 3.59. The molecule has 0 aliphatic rings. The van der Waals surface area contributed by atoms with Crippen LogP contribution in [0.1, 0.15) is 50.6 Å². The van der Waals surface area contributed by atoms with E-state index in [9.17, 15) is 9.59 Å². The standard InChI is InChI=1S/C17H23NO4/c1-3-4-5-6-11-22-15-9-7-14(8-10-15)16(18-13-19)12-17(20)21-2/h7-10,16H,3-6,11-12H2,1-2H3/t16-/m1/s1. The summed E-state index contributed by atoms with van der Waals surface area (Å²) >= 11 is 0. The van der Waals surface area contributed by atoms with Crippen LogP contribution in [0.2, 0.25) is 0 Å². The third-order valence-electron chi connectivity index (χ3n) is 3.33. The second kappa shape index (κ2) is 10.6. The number of carbonyl (C=O) groups excluding carboxylic acids is 2. The smallest absolute Gasteiger partial charge is 0.308 e. The van der Waals surface area contributed by atoms with Crippen LogP contribution in [0, 0.1) is 0 Å². The van der Waals surface area contributed by atoms with E-state index in [4.69, 9.17) is 4.74 Å². The van der Waals surface area contributed by atoms with Crippen molar-refractivity contribution in [3.63, 3.8) is 0 Å². The highest BCUT2D eigenvalue weighted by atomic mass is 16.5. The fourth-order valence-corrected chi connectivity index (χ4v) is 2.05. The van der Waals surface area contributed by atoms with Crippen molar-refractivity contribution in [3.8, 4) is 5.75 Å². The molecule has 5 nitrogen and oxygen atoms in total. The summed E-state index contributed by atoms with van der Waals surface area (Å²) in [5.41, 5.74) is 0.757. The minimum atomic E-state index is -0.566. The van der Waals surface area contributed by atoms with Crippen LogP contribution in [0.15, 0.2) is 29.3 Å². The molecule has 0 fully saturated rings. The zero-order chi connectivity index (χ0) is 16.2. The van der Waals surface area contributed by atoms with Gasteiger partial charge in [0.25, 0.3) is 0 Å². The van der Waals surface area contributed by atoms with Crippen LogP contribution in [0.3, 0.4) is 0 Å². The van der Waals surface area contributed by atoms with Gasteiger partial charge in [0.2, 0.25) is 6.08 Å². The summed E-state index contributed by atoms with van der Waals surface area (Å²) in [4.78, 5) is 25.5. The normalized spacial score (nSPS) is 11.4. The largest absolute Gasteiger partial charge is 0.494 e. The van der Waals surface area contributed by atoms with Crippen LogP contribution >= 0.6 is 0 Å². The van der Waals surface area contributed by atoms with E-state index in [2.05, 4.69) is 16.7 Å². The lowest BCUT2D eigenvalue weighted by Crippen LogP contribution is -2.07. The van der Waals surface area contributed by atoms with Gasteiger partial charge in [-0.15, -0.1) is 0 Å². The van der Waals surface area contributed by atoms with Crippen molar-refractivity contribution in [2.45, 2.75) is 45.1 Å². The highest BCUT2D eigenvalue weighted by Gasteiger charge is 2.15. The van der Waals surface area contributed by atoms with Crippen molar-refractivity contribution >= 4 is 12.0 Å². The molecule has 5 heteroatoms. The van der Waals surface area contributed by atoms with E-state index in [1.54, 1.807) is 12.1 Å². The quantitative estimate of drug-likeness (QED) is 0.287. The van der Waals surface area contributed by atoms with Crippen LogP contribution in [-0.2, 0) is 14.3 Å². The van der Waals surface area contributed by atoms with Gasteiger partial charge in [-0.2, -0.15) is 4.99 Å². The van der Waals surface area contributed by atoms with Gasteiger partial charge in [0.1, 0.15) is 5.75 Å². The van der Waals surface area contributed by atoms with Crippen molar-refractivity contribution in [2.75, 3.05) is 13.7 Å². The first-order valence-electron chi connectivity index (χ1n) is 7.57. The fraction of sp³-hybridized carbons (Fsp3) is 0.529. The number of hydrogen-bond donors (Lipinski definition) is 0. The van der Waals surface area contributed by atoms with E-state index in [0.29, 0.717) is 6.61 Å². The molecule has 0 amide bonds. The van der Waals surface area contributed by atoms with Gasteiger partial charge in [-0.3, -0.25) is 4.79 Å². The highest BCUT2D eigenvalue weighted by molar-refractivity contribution is 5.70. The fourth-order valence-electron chi connectivity index (χ4n) is 2.05. The van der Waals surface area contributed by atoms with Crippen LogP contribution in [0.25, 0.3) is 0 Å². The molecule has 0 aromatic heterocycles. The van der Waals surface area contributed by atoms with E-state index in [0.717, 1.165) is 17.7 Å². The number of aliphatic imine (C=N–C) groups is 1. The minimum Gasteiger partial charge on any atom is -0.494 e. The monoisotopic (exact) mass is 305 g/mol. The molecule has 0 aliphatic heterocycles. The van der Waals surface area contributed by atoms with Crippen LogP contribution in [0.5, 0.6) is 5.75 Å². The molecule has 0 heterocycles. The van der Waals surface area contributed by atoms with Crippen molar-refractivity contribution in [1.29, 1.82) is 0 Å². The van der Waals surface area contributed by atoms with Gasteiger partial charge in [0.05, 0.1) is 26.2 Å². The summed E-state index contributed by atoms with van der Waals surface area (Å²) in [7, 11) is 1.31. The average Bonchev–Trinajstić information content (AvgIpc) is 2.54. The van der Waals surface area contributed by atoms with Gasteiger partial charge in [0, 0.05) is 0 Å². The molecule has 1 rings (SSSR count). The maximum Gasteiger partial charge on any atom is 0.308 e. The zero-order valence-electron chi connectivity index (χ0n) is 13.2. The first-order valence-corrected chi connectivity index (χ1v) is 7.57. The molecule has 0 unspecified atom stereocenters. The lowest BCUT2D eigenvalue weighted by atomic mass is 10.0. The Kier molecular flexibility index (Phi) is 8.61. The Morgan fingerprint density at radius 1 is 1.23 bits per heavy atom. The highest BCUT2D eigenvalue weighted by Crippen LogP contribution is 2.24. The Hall–Kier alpha value is -2.13. The molecule has 120 valence electrons. The molecule has 0 bridgehead atoms. The Labute approximate surface area is 131 Å². The van der Waals surface area contributed by atoms with Crippen LogP contribution in [-0.4, -0.2) is 25.8 Å². The predicted molar refractivity (Wildman–Crippen MR) is 83.6 cm³/mol. The molecular weight excluding hydrogens is 282 g/mol. The first kappa shape index (κ1) is 17.9. The van der Waals surface area contributed by atoms with Gasteiger partial charge >= 0.3 is 5.97 Å². The number of ether oxygens (including phenoxy) is 2. The second-order valence-electron chi connectivity index (χ2n) is 4.99. The second-order valence-corrected chi connectivity index (χ2v) is 4.99. The number of esters is 1. The van der Waals surface area contributed by atoms with E-state index < -0.39 is 12.0 Å². The number of hydrogen-bond acceptors (Lipinski definition) is 5. The molecule has 0 N–H and O–H groups in total. The minimum absolute atomic E-state index is 0.0168. The van der Waals surface area contributed by atoms with E-state index >= 15 is 0 Å². The maximum atomic E-state index is 11.3. The van der Waals surface area contributed by atoms with Gasteiger partial charge in [-0.1, -0.05) is 38.3 Å². The number of methoxy groups -OCH3 is 1. The molecular formula is C17H23NO4. The molecule has 0 spiro atoms. The van der Waals surface area contributed by atoms with Crippen LogP contribution < -0.4 is 4.74 Å². The lowest BCUT2D eigenvalue weighted by molar-refractivity contribution is -0.141. The van der Waals surface area contributed by atoms with Gasteiger partial charge < -0.3 is 9.47 Å². The number of isocyanates is 1. The molecule has 0 saturated heterocycles. The number of rotatable bonds is 10. The van der Waals surface area contributed by atoms with Crippen molar-refractivity contribution in [3.05, 3.63) is 29.8 Å². The number of unbranched alkanes of at least 4 members (excludes halogenated alkanes) is 3. The Morgan fingerprint density at radius 3 is 2.55 bits per heavy atom. The average molecular weight is 305 g/mol. The van der Waals surface area contributed by atoms with Crippen molar-refractivity contribution < 1.29 is 19.1 Å². The van der Waals surface area contributed by atoms with Crippen molar-refractivity contribution in [1.82, 2.24) is 0 Å². The van der Waals surface area contributed by atoms with E-state index in [-0.39, 0.29) is 6.42 Å². The van der Waals surface area contributed by atoms with E-state index in [1.807, 2.05) is 12.1 Å². The Morgan fingerprint density at radius 2 is 1.95 bits per heavy atom. The molecule has 0 saturated carbocycles. The van der Waals surface area contributed by atoms with E-state index in [1.165, 1.54) is 32.5 Å². The maximum absolute atomic E-state index is 11.3. The first-order chi connectivity index (χ1) is 10.7. The number of benzene rings is 1. The molecule has 1 atom stereocenters. The third-order valence-corrected chi connectivity index (χ3v) is 3.33. The Bertz CT molecular complexity index is 492. The summed E-state index contributed by atoms with van der Waals surface area (Å²) < 4.78 is 10.3. The third kappa shape index (κ3) is 6.55. The summed E-state index contributed by atoms with van der Waals surface area (Å²) in [6, 6.07) is 6.68. The van der Waals surface area contributed by atoms with Crippen molar-refractivity contribution in [2.24, 2.45) is 4.99 Å². The summed E-state index contributed by atoms with van der Waals surface area (Å²) in [5, 5.41) is 0. The molecule has 0 aliphatic carbocycles. The zero-order valence-corrected chi connectivity index (χ0v) is 13.2. The number of nitrogens with zero attached hydrogens (tertiary/aromatic N) is 1. The Balaban J connectivity index is 2.57. The summed E-state index contributed by atoms with van der Waals surface area (Å²) in [6.45, 7) is 2.86. The van der Waals surface area contributed by atoms with Gasteiger partial charge in [0.15, 0.2) is 0 Å². The summed E-state index contributed by atoms with van der Waals surface area (Å²) in [5.74, 6) is 0.354. The SMILES string of the molecule is CCCCCCOc1ccc([C@@H](CC(=O)OC)N=C=O)cc1. The molecule has 1 aromatic carbocycles. The summed E-state index contributed by atoms with van der Waals surface area (Å²) in [6.07, 6.45) is 6.15. The van der Waals surface area contributed by atoms with Crippen LogP contribution in [0.4, 0.5) is 0 Å². The lowest BCUT2D eigenvalue weighted by Gasteiger charge is -2.11. The van der Waals surface area contributed by atoms with Gasteiger partial charge in [-0.25, -0.2) is 4.79 Å².